The Labute approximate surface area is 109 Å². The van der Waals surface area contributed by atoms with Crippen LogP contribution < -0.4 is 0 Å². The summed E-state index contributed by atoms with van der Waals surface area (Å²) < 4.78 is 0.832. The number of hydrogen-bond acceptors (Lipinski definition) is 4. The van der Waals surface area contributed by atoms with Crippen LogP contribution in [0.1, 0.15) is 30.7 Å². The molecule has 2 heterocycles. The standard InChI is InChI=1S/C10H7BrN2O3S/c1-4-5(11)2-6(17-4)9(14)7-8(10(15)16)13-3-12-7/h2-3H,1H3,(H,12,13)(H,15,16). The maximum atomic E-state index is 12.0. The van der Waals surface area contributed by atoms with E-state index in [4.69, 9.17) is 5.11 Å². The number of carbonyl (C=O) groups is 2. The topological polar surface area (TPSA) is 83.0 Å². The normalized spacial score (nSPS) is 10.5. The summed E-state index contributed by atoms with van der Waals surface area (Å²) >= 11 is 4.61. The van der Waals surface area contributed by atoms with E-state index in [9.17, 15) is 9.59 Å². The van der Waals surface area contributed by atoms with E-state index in [1.54, 1.807) is 6.07 Å². The molecule has 5 nitrogen and oxygen atoms in total. The number of hydrogen-bond donors (Lipinski definition) is 2. The Kier molecular flexibility index (Phi) is 3.12. The van der Waals surface area contributed by atoms with Crippen LogP contribution in [-0.2, 0) is 0 Å². The fourth-order valence-electron chi connectivity index (χ4n) is 1.32. The predicted octanol–water partition coefficient (Wildman–Crippen LogP) is 2.47. The highest BCUT2D eigenvalue weighted by atomic mass is 79.9. The quantitative estimate of drug-likeness (QED) is 0.852. The van der Waals surface area contributed by atoms with Crippen LogP contribution in [0.3, 0.4) is 0 Å². The second-order valence-corrected chi connectivity index (χ2v) is 5.39. The molecule has 2 aromatic heterocycles. The van der Waals surface area contributed by atoms with Crippen molar-refractivity contribution < 1.29 is 14.7 Å². The molecule has 0 spiro atoms. The lowest BCUT2D eigenvalue weighted by Crippen LogP contribution is -2.08. The van der Waals surface area contributed by atoms with E-state index >= 15 is 0 Å². The minimum atomic E-state index is -1.20. The van der Waals surface area contributed by atoms with Crippen molar-refractivity contribution in [1.82, 2.24) is 9.97 Å². The van der Waals surface area contributed by atoms with E-state index in [1.807, 2.05) is 6.92 Å². The number of carboxylic acids is 1. The molecule has 0 radical (unpaired) electrons. The Morgan fingerprint density at radius 2 is 2.24 bits per heavy atom. The summed E-state index contributed by atoms with van der Waals surface area (Å²) in [5, 5.41) is 8.88. The first-order valence-electron chi connectivity index (χ1n) is 4.58. The summed E-state index contributed by atoms with van der Waals surface area (Å²) in [6.07, 6.45) is 1.20. The molecule has 0 bridgehead atoms. The van der Waals surface area contributed by atoms with Crippen LogP contribution in [0.2, 0.25) is 0 Å². The van der Waals surface area contributed by atoms with E-state index in [2.05, 4.69) is 25.9 Å². The van der Waals surface area contributed by atoms with Gasteiger partial charge < -0.3 is 10.1 Å². The van der Waals surface area contributed by atoms with E-state index in [1.165, 1.54) is 17.7 Å². The number of nitrogens with zero attached hydrogens (tertiary/aromatic N) is 1. The third-order valence-electron chi connectivity index (χ3n) is 2.15. The van der Waals surface area contributed by atoms with Gasteiger partial charge in [0, 0.05) is 9.35 Å². The molecule has 0 aliphatic carbocycles. The molecule has 88 valence electrons. The predicted molar refractivity (Wildman–Crippen MR) is 65.7 cm³/mol. The van der Waals surface area contributed by atoms with E-state index in [-0.39, 0.29) is 17.2 Å². The van der Waals surface area contributed by atoms with Crippen molar-refractivity contribution in [1.29, 1.82) is 0 Å². The molecule has 0 saturated carbocycles. The lowest BCUT2D eigenvalue weighted by Gasteiger charge is -1.94. The van der Waals surface area contributed by atoms with Gasteiger partial charge in [-0.2, -0.15) is 0 Å². The van der Waals surface area contributed by atoms with Gasteiger partial charge in [-0.3, -0.25) is 4.79 Å². The zero-order chi connectivity index (χ0) is 12.6. The van der Waals surface area contributed by atoms with Gasteiger partial charge in [0.05, 0.1) is 11.2 Å². The van der Waals surface area contributed by atoms with Crippen LogP contribution in [0.4, 0.5) is 0 Å². The number of rotatable bonds is 3. The molecule has 0 unspecified atom stereocenters. The molecule has 7 heteroatoms. The highest BCUT2D eigenvalue weighted by molar-refractivity contribution is 9.10. The Balaban J connectivity index is 2.44. The number of aryl methyl sites for hydroxylation is 1. The molecule has 0 saturated heterocycles. The van der Waals surface area contributed by atoms with Gasteiger partial charge in [0.1, 0.15) is 5.69 Å². The maximum Gasteiger partial charge on any atom is 0.354 e. The minimum absolute atomic E-state index is 0.0637. The number of carbonyl (C=O) groups excluding carboxylic acids is 1. The Morgan fingerprint density at radius 1 is 1.53 bits per heavy atom. The molecule has 0 aliphatic heterocycles. The van der Waals surface area contributed by atoms with Crippen LogP contribution >= 0.6 is 27.3 Å². The first kappa shape index (κ1) is 12.0. The summed E-state index contributed by atoms with van der Waals surface area (Å²) in [4.78, 5) is 30.5. The van der Waals surface area contributed by atoms with Gasteiger partial charge in [-0.05, 0) is 28.9 Å². The molecule has 0 aromatic carbocycles. The largest absolute Gasteiger partial charge is 0.477 e. The van der Waals surface area contributed by atoms with Crippen LogP contribution in [-0.4, -0.2) is 26.8 Å². The monoisotopic (exact) mass is 314 g/mol. The number of halogens is 1. The van der Waals surface area contributed by atoms with Gasteiger partial charge >= 0.3 is 5.97 Å². The molecule has 2 N–H and O–H groups in total. The van der Waals surface area contributed by atoms with Crippen LogP contribution in [0.5, 0.6) is 0 Å². The fourth-order valence-corrected chi connectivity index (χ4v) is 2.79. The number of aromatic amines is 1. The summed E-state index contributed by atoms with van der Waals surface area (Å²) in [5.74, 6) is -1.58. The molecule has 2 rings (SSSR count). The van der Waals surface area contributed by atoms with E-state index < -0.39 is 5.97 Å². The van der Waals surface area contributed by atoms with Gasteiger partial charge in [-0.15, -0.1) is 11.3 Å². The number of thiophene rings is 1. The number of aromatic carboxylic acids is 1. The van der Waals surface area contributed by atoms with Crippen molar-refractivity contribution >= 4 is 39.0 Å². The Bertz CT molecular complexity index is 583. The van der Waals surface area contributed by atoms with Gasteiger partial charge in [-0.25, -0.2) is 9.78 Å². The number of imidazole rings is 1. The van der Waals surface area contributed by atoms with Crippen LogP contribution in [0.25, 0.3) is 0 Å². The first-order valence-corrected chi connectivity index (χ1v) is 6.19. The molecule has 0 atom stereocenters. The average Bonchev–Trinajstić information content (AvgIpc) is 2.85. The fraction of sp³-hybridized carbons (Fsp3) is 0.100. The van der Waals surface area contributed by atoms with Crippen molar-refractivity contribution in [2.45, 2.75) is 6.92 Å². The molecular weight excluding hydrogens is 308 g/mol. The second-order valence-electron chi connectivity index (χ2n) is 3.28. The van der Waals surface area contributed by atoms with E-state index in [0.29, 0.717) is 4.88 Å². The maximum absolute atomic E-state index is 12.0. The van der Waals surface area contributed by atoms with Gasteiger partial charge in [-0.1, -0.05) is 0 Å². The third-order valence-corrected chi connectivity index (χ3v) is 4.28. The third kappa shape index (κ3) is 2.16. The molecule has 0 fully saturated rings. The van der Waals surface area contributed by atoms with Crippen molar-refractivity contribution in [3.8, 4) is 0 Å². The number of nitrogens with one attached hydrogen (secondary N) is 1. The summed E-state index contributed by atoms with van der Waals surface area (Å²) in [6.45, 7) is 1.87. The number of H-pyrrole nitrogens is 1. The molecular formula is C10H7BrN2O3S. The van der Waals surface area contributed by atoms with E-state index in [0.717, 1.165) is 9.35 Å². The summed E-state index contributed by atoms with van der Waals surface area (Å²) in [5.41, 5.74) is -0.247. The number of aromatic nitrogens is 2. The average molecular weight is 315 g/mol. The zero-order valence-electron chi connectivity index (χ0n) is 8.65. The minimum Gasteiger partial charge on any atom is -0.477 e. The van der Waals surface area contributed by atoms with Crippen LogP contribution in [0, 0.1) is 6.92 Å². The number of ketones is 1. The number of carboxylic acid groups (broad SMARTS) is 1. The van der Waals surface area contributed by atoms with Gasteiger partial charge in [0.15, 0.2) is 5.69 Å². The lowest BCUT2D eigenvalue weighted by molar-refractivity contribution is 0.0687. The zero-order valence-corrected chi connectivity index (χ0v) is 11.1. The Morgan fingerprint density at radius 3 is 2.76 bits per heavy atom. The van der Waals surface area contributed by atoms with Crippen molar-refractivity contribution in [2.75, 3.05) is 0 Å². The highest BCUT2D eigenvalue weighted by Crippen LogP contribution is 2.28. The van der Waals surface area contributed by atoms with Gasteiger partial charge in [0.2, 0.25) is 5.78 Å². The molecule has 17 heavy (non-hydrogen) atoms. The molecule has 2 aromatic rings. The SMILES string of the molecule is Cc1sc(C(=O)c2nc[nH]c2C(=O)O)cc1Br. The lowest BCUT2D eigenvalue weighted by atomic mass is 10.2. The van der Waals surface area contributed by atoms with Crippen molar-refractivity contribution in [3.05, 3.63) is 38.0 Å². The highest BCUT2D eigenvalue weighted by Gasteiger charge is 2.22. The van der Waals surface area contributed by atoms with Crippen molar-refractivity contribution in [3.63, 3.8) is 0 Å². The smallest absolute Gasteiger partial charge is 0.354 e. The summed E-state index contributed by atoms with van der Waals surface area (Å²) in [7, 11) is 0. The molecule has 0 amide bonds. The van der Waals surface area contributed by atoms with Crippen LogP contribution in [0.15, 0.2) is 16.9 Å². The van der Waals surface area contributed by atoms with Crippen molar-refractivity contribution in [2.24, 2.45) is 0 Å². The second kappa shape index (κ2) is 4.42. The summed E-state index contributed by atoms with van der Waals surface area (Å²) in [6, 6.07) is 1.67. The molecule has 0 aliphatic rings. The van der Waals surface area contributed by atoms with Gasteiger partial charge in [0.25, 0.3) is 0 Å². The first-order chi connectivity index (χ1) is 8.00. The Hall–Kier alpha value is -1.47.